The lowest BCUT2D eigenvalue weighted by molar-refractivity contribution is -0.296. The van der Waals surface area contributed by atoms with E-state index in [4.69, 9.17) is 18.9 Å². The van der Waals surface area contributed by atoms with Crippen LogP contribution >= 0.6 is 0 Å². The van der Waals surface area contributed by atoms with Crippen molar-refractivity contribution in [2.45, 2.75) is 136 Å². The number of ketones is 2. The molecular formula is C31H55NO10. The summed E-state index contributed by atoms with van der Waals surface area (Å²) in [6.45, 7) is 15.6. The molecule has 0 radical (unpaired) electrons. The number of esters is 1. The van der Waals surface area contributed by atoms with Crippen molar-refractivity contribution >= 4 is 17.5 Å². The van der Waals surface area contributed by atoms with Gasteiger partial charge < -0.3 is 39.2 Å². The van der Waals surface area contributed by atoms with Crippen molar-refractivity contribution in [1.29, 1.82) is 0 Å². The molecule has 2 heterocycles. The maximum absolute atomic E-state index is 13.8. The number of methoxy groups -OCH3 is 1. The van der Waals surface area contributed by atoms with Crippen LogP contribution in [0.5, 0.6) is 0 Å². The van der Waals surface area contributed by atoms with Gasteiger partial charge in [-0.15, -0.1) is 0 Å². The maximum Gasteiger partial charge on any atom is 0.316 e. The largest absolute Gasteiger partial charge is 0.459 e. The Bertz CT molecular complexity index is 943. The van der Waals surface area contributed by atoms with Crippen molar-refractivity contribution in [2.24, 2.45) is 23.7 Å². The van der Waals surface area contributed by atoms with Gasteiger partial charge >= 0.3 is 5.97 Å². The van der Waals surface area contributed by atoms with Crippen molar-refractivity contribution in [3.63, 3.8) is 0 Å². The van der Waals surface area contributed by atoms with Gasteiger partial charge in [-0.3, -0.25) is 14.4 Å². The van der Waals surface area contributed by atoms with E-state index in [0.717, 1.165) is 0 Å². The molecule has 11 nitrogen and oxygen atoms in total. The molecule has 0 unspecified atom stereocenters. The summed E-state index contributed by atoms with van der Waals surface area (Å²) in [4.78, 5) is 42.7. The Morgan fingerprint density at radius 1 is 1.00 bits per heavy atom. The molecule has 0 aromatic rings. The molecule has 0 aromatic heterocycles. The van der Waals surface area contributed by atoms with Gasteiger partial charge in [0.25, 0.3) is 0 Å². The quantitative estimate of drug-likeness (QED) is 0.303. The highest BCUT2D eigenvalue weighted by Crippen LogP contribution is 2.38. The number of ether oxygens (including phenoxy) is 4. The molecule has 42 heavy (non-hydrogen) atoms. The second-order valence-electron chi connectivity index (χ2n) is 13.0. The minimum atomic E-state index is -1.94. The van der Waals surface area contributed by atoms with Crippen LogP contribution in [0, 0.1) is 23.7 Å². The Balaban J connectivity index is 2.61. The summed E-state index contributed by atoms with van der Waals surface area (Å²) in [5.74, 6) is -5.54. The molecule has 2 aliphatic rings. The van der Waals surface area contributed by atoms with Crippen LogP contribution in [0.3, 0.4) is 0 Å². The first kappa shape index (κ1) is 36.7. The molecule has 0 saturated carbocycles. The molecule has 2 fully saturated rings. The highest BCUT2D eigenvalue weighted by Gasteiger charge is 2.51. The first-order valence-electron chi connectivity index (χ1n) is 15.3. The van der Waals surface area contributed by atoms with Gasteiger partial charge in [0.15, 0.2) is 12.1 Å². The molecule has 0 aliphatic carbocycles. The molecule has 0 bridgehead atoms. The third-order valence-electron chi connectivity index (χ3n) is 9.71. The van der Waals surface area contributed by atoms with E-state index in [-0.39, 0.29) is 30.8 Å². The maximum atomic E-state index is 13.8. The van der Waals surface area contributed by atoms with Gasteiger partial charge in [-0.25, -0.2) is 0 Å². The monoisotopic (exact) mass is 601 g/mol. The smallest absolute Gasteiger partial charge is 0.316 e. The molecule has 0 amide bonds. The lowest BCUT2D eigenvalue weighted by atomic mass is 9.74. The second-order valence-corrected chi connectivity index (χ2v) is 13.0. The van der Waals surface area contributed by atoms with Crippen LogP contribution in [-0.2, 0) is 33.3 Å². The van der Waals surface area contributed by atoms with Gasteiger partial charge in [0.1, 0.15) is 29.5 Å². The third-order valence-corrected chi connectivity index (χ3v) is 9.71. The Morgan fingerprint density at radius 3 is 2.12 bits per heavy atom. The lowest BCUT2D eigenvalue weighted by Gasteiger charge is -2.47. The van der Waals surface area contributed by atoms with Crippen LogP contribution < -0.4 is 0 Å². The Kier molecular flexibility index (Phi) is 12.7. The van der Waals surface area contributed by atoms with E-state index in [2.05, 4.69) is 0 Å². The first-order chi connectivity index (χ1) is 19.4. The van der Waals surface area contributed by atoms with E-state index in [1.807, 2.05) is 25.8 Å². The van der Waals surface area contributed by atoms with E-state index in [1.54, 1.807) is 27.7 Å². The highest BCUT2D eigenvalue weighted by molar-refractivity contribution is 6.00. The molecule has 0 spiro atoms. The Labute approximate surface area is 251 Å². The number of carbonyl (C=O) groups is 3. The summed E-state index contributed by atoms with van der Waals surface area (Å²) < 4.78 is 24.1. The molecule has 2 aliphatic heterocycles. The van der Waals surface area contributed by atoms with E-state index in [9.17, 15) is 29.7 Å². The predicted molar refractivity (Wildman–Crippen MR) is 155 cm³/mol. The summed E-state index contributed by atoms with van der Waals surface area (Å²) in [6, 6.07) is -0.252. The number of carbonyl (C=O) groups excluding carboxylic acids is 3. The van der Waals surface area contributed by atoms with Crippen molar-refractivity contribution in [3.8, 4) is 0 Å². The fraction of sp³-hybridized carbons (Fsp3) is 0.903. The third kappa shape index (κ3) is 7.60. The molecule has 2 rings (SSSR count). The fourth-order valence-corrected chi connectivity index (χ4v) is 6.59. The Morgan fingerprint density at radius 2 is 1.60 bits per heavy atom. The molecule has 3 N–H and O–H groups in total. The summed E-state index contributed by atoms with van der Waals surface area (Å²) >= 11 is 0. The zero-order chi connectivity index (χ0) is 32.3. The summed E-state index contributed by atoms with van der Waals surface area (Å²) in [5, 5.41) is 33.7. The predicted octanol–water partition coefficient (Wildman–Crippen LogP) is 2.11. The highest BCUT2D eigenvalue weighted by atomic mass is 16.7. The number of hydrogen-bond acceptors (Lipinski definition) is 11. The van der Waals surface area contributed by atoms with Gasteiger partial charge in [0.05, 0.1) is 23.9 Å². The molecule has 2 saturated heterocycles. The number of hydrogen-bond donors (Lipinski definition) is 3. The zero-order valence-corrected chi connectivity index (χ0v) is 27.3. The number of cyclic esters (lactones) is 1. The SMILES string of the molecule is CC[C@H]1OC(=O)[C@H](C)C(=O)[C@H](C)[C@@H](O[C@@H]2O[C@H](C)C[C@H](N(C)CC)[C@H]2O)[C@](C)(OC)C[C@@H](C)C(=O)[C@H](C)[C@@H](O)[C@]1(C)O. The van der Waals surface area contributed by atoms with Crippen molar-refractivity contribution in [2.75, 3.05) is 20.7 Å². The average Bonchev–Trinajstić information content (AvgIpc) is 2.96. The summed E-state index contributed by atoms with van der Waals surface area (Å²) in [5.41, 5.74) is -3.20. The van der Waals surface area contributed by atoms with E-state index < -0.39 is 77.3 Å². The van der Waals surface area contributed by atoms with Gasteiger partial charge in [-0.2, -0.15) is 0 Å². The number of rotatable bonds is 6. The van der Waals surface area contributed by atoms with Crippen LogP contribution in [-0.4, -0.2) is 113 Å². The van der Waals surface area contributed by atoms with Gasteiger partial charge in [0, 0.05) is 30.9 Å². The lowest BCUT2D eigenvalue weighted by Crippen LogP contribution is -2.60. The fourth-order valence-electron chi connectivity index (χ4n) is 6.59. The van der Waals surface area contributed by atoms with Crippen LogP contribution in [0.1, 0.15) is 81.6 Å². The number of aliphatic hydroxyl groups excluding tert-OH is 2. The molecule has 0 aromatic carbocycles. The van der Waals surface area contributed by atoms with Gasteiger partial charge in [-0.05, 0) is 60.5 Å². The molecular weight excluding hydrogens is 546 g/mol. The Hall–Kier alpha value is -1.47. The minimum absolute atomic E-state index is 0.0938. The van der Waals surface area contributed by atoms with E-state index >= 15 is 0 Å². The first-order valence-corrected chi connectivity index (χ1v) is 15.3. The minimum Gasteiger partial charge on any atom is -0.459 e. The number of aliphatic hydroxyl groups is 3. The van der Waals surface area contributed by atoms with Crippen LogP contribution in [0.2, 0.25) is 0 Å². The topological polar surface area (TPSA) is 152 Å². The molecule has 11 heteroatoms. The van der Waals surface area contributed by atoms with Crippen LogP contribution in [0.25, 0.3) is 0 Å². The normalized spacial score (nSPS) is 45.0. The van der Waals surface area contributed by atoms with Crippen molar-refractivity contribution in [1.82, 2.24) is 4.90 Å². The number of nitrogens with zero attached hydrogens (tertiary/aromatic N) is 1. The average molecular weight is 602 g/mol. The van der Waals surface area contributed by atoms with Crippen molar-refractivity contribution in [3.05, 3.63) is 0 Å². The summed E-state index contributed by atoms with van der Waals surface area (Å²) in [6.07, 6.45) is -5.29. The van der Waals surface area contributed by atoms with E-state index in [1.165, 1.54) is 27.9 Å². The standard InChI is InChI=1S/C31H55NO10/c1-12-22-31(9,38)26(36)18(5)23(33)16(3)15-30(8,39-11)27(19(6)24(34)20(7)28(37)41-22)42-29-25(35)21(32(10)13-2)14-17(4)40-29/h16-22,25-27,29,35-36,38H,12-15H2,1-11H3/t16-,17-,18+,19+,20-,21+,22-,25-,26-,27-,29+,30-,31-/m1/s1. The summed E-state index contributed by atoms with van der Waals surface area (Å²) in [7, 11) is 3.36. The number of likely N-dealkylation sites (N-methyl/N-ethyl adjacent to an activating group) is 1. The van der Waals surface area contributed by atoms with Crippen LogP contribution in [0.4, 0.5) is 0 Å². The molecule has 244 valence electrons. The second kappa shape index (κ2) is 14.5. The van der Waals surface area contributed by atoms with Crippen LogP contribution in [0.15, 0.2) is 0 Å². The number of Topliss-reactive ketones (excluding diaryl/α,β-unsaturated/α-hetero) is 2. The molecule has 13 atom stereocenters. The van der Waals surface area contributed by atoms with E-state index in [0.29, 0.717) is 13.0 Å². The van der Waals surface area contributed by atoms with Gasteiger partial charge in [0.2, 0.25) is 0 Å². The van der Waals surface area contributed by atoms with Crippen molar-refractivity contribution < 1.29 is 48.7 Å². The zero-order valence-electron chi connectivity index (χ0n) is 27.3. The van der Waals surface area contributed by atoms with Gasteiger partial charge in [-0.1, -0.05) is 34.6 Å².